The smallest absolute Gasteiger partial charge is 0.331 e. The molecule has 2 heterocycles. The monoisotopic (exact) mass is 332 g/mol. The van der Waals surface area contributed by atoms with Crippen molar-refractivity contribution in [2.24, 2.45) is 0 Å². The van der Waals surface area contributed by atoms with E-state index in [9.17, 15) is 9.59 Å². The normalized spacial score (nSPS) is 14.5. The molecule has 7 nitrogen and oxygen atoms in total. The van der Waals surface area contributed by atoms with Gasteiger partial charge in [-0.1, -0.05) is 0 Å². The van der Waals surface area contributed by atoms with E-state index in [1.807, 2.05) is 33.9 Å². The molecule has 2 amide bonds. The first-order valence-corrected chi connectivity index (χ1v) is 7.89. The van der Waals surface area contributed by atoms with Crippen LogP contribution < -0.4 is 10.6 Å². The van der Waals surface area contributed by atoms with Crippen molar-refractivity contribution in [3.05, 3.63) is 29.5 Å². The molecule has 0 bridgehead atoms. The van der Waals surface area contributed by atoms with Crippen molar-refractivity contribution in [2.45, 2.75) is 32.9 Å². The van der Waals surface area contributed by atoms with E-state index in [4.69, 9.17) is 4.74 Å². The van der Waals surface area contributed by atoms with Gasteiger partial charge in [-0.15, -0.1) is 0 Å². The van der Waals surface area contributed by atoms with Gasteiger partial charge in [0.2, 0.25) is 0 Å². The third-order valence-corrected chi connectivity index (χ3v) is 3.31. The molecule has 1 aliphatic rings. The predicted octanol–water partition coefficient (Wildman–Crippen LogP) is 2.00. The maximum Gasteiger partial charge on any atom is 0.331 e. The van der Waals surface area contributed by atoms with Crippen LogP contribution in [-0.2, 0) is 16.1 Å². The topological polar surface area (TPSA) is 83.6 Å². The number of amides is 2. The molecule has 0 radical (unpaired) electrons. The van der Waals surface area contributed by atoms with Crippen LogP contribution in [0, 0.1) is 0 Å². The highest BCUT2D eigenvalue weighted by atomic mass is 16.6. The number of urea groups is 1. The molecule has 0 atom stereocenters. The van der Waals surface area contributed by atoms with Gasteiger partial charge in [-0.05, 0) is 45.5 Å². The number of hydrogen-bond acceptors (Lipinski definition) is 5. The molecule has 0 fully saturated rings. The van der Waals surface area contributed by atoms with Gasteiger partial charge in [0.1, 0.15) is 11.4 Å². The van der Waals surface area contributed by atoms with E-state index in [1.165, 1.54) is 6.08 Å². The molecule has 1 aliphatic heterocycles. The van der Waals surface area contributed by atoms with Crippen molar-refractivity contribution in [2.75, 3.05) is 25.5 Å². The molecule has 130 valence electrons. The van der Waals surface area contributed by atoms with Crippen LogP contribution in [0.25, 0.3) is 6.08 Å². The second kappa shape index (κ2) is 7.44. The van der Waals surface area contributed by atoms with Crippen molar-refractivity contribution >= 4 is 23.9 Å². The van der Waals surface area contributed by atoms with Crippen LogP contribution in [0.3, 0.4) is 0 Å². The molecular weight excluding hydrogens is 308 g/mol. The molecule has 2 N–H and O–H groups in total. The van der Waals surface area contributed by atoms with E-state index in [2.05, 4.69) is 15.6 Å². The van der Waals surface area contributed by atoms with E-state index >= 15 is 0 Å². The summed E-state index contributed by atoms with van der Waals surface area (Å²) in [5, 5.41) is 5.80. The third-order valence-electron chi connectivity index (χ3n) is 3.31. The van der Waals surface area contributed by atoms with Gasteiger partial charge < -0.3 is 15.0 Å². The molecule has 2 rings (SSSR count). The number of likely N-dealkylation sites (N-methyl/N-ethyl adjacent to an activating group) is 1. The highest BCUT2D eigenvalue weighted by Gasteiger charge is 2.23. The fraction of sp³-hybridized carbons (Fsp3) is 0.471. The molecule has 1 aromatic rings. The van der Waals surface area contributed by atoms with Gasteiger partial charge in [0, 0.05) is 30.9 Å². The zero-order valence-electron chi connectivity index (χ0n) is 14.5. The number of aromatic nitrogens is 1. The lowest BCUT2D eigenvalue weighted by atomic mass is 10.1. The quantitative estimate of drug-likeness (QED) is 0.636. The van der Waals surface area contributed by atoms with Crippen molar-refractivity contribution < 1.29 is 14.3 Å². The number of pyridine rings is 1. The lowest BCUT2D eigenvalue weighted by Crippen LogP contribution is -2.42. The summed E-state index contributed by atoms with van der Waals surface area (Å²) < 4.78 is 5.23. The fourth-order valence-corrected chi connectivity index (χ4v) is 2.24. The number of nitrogens with zero attached hydrogens (tertiary/aromatic N) is 2. The Balaban J connectivity index is 2.08. The number of carbonyl (C=O) groups is 2. The summed E-state index contributed by atoms with van der Waals surface area (Å²) in [5.41, 5.74) is 1.18. The van der Waals surface area contributed by atoms with Crippen LogP contribution in [0.1, 0.15) is 31.9 Å². The number of rotatable bonds is 5. The number of esters is 1. The van der Waals surface area contributed by atoms with E-state index in [-0.39, 0.29) is 6.03 Å². The number of hydrogen-bond donors (Lipinski definition) is 2. The summed E-state index contributed by atoms with van der Waals surface area (Å²) in [4.78, 5) is 29.7. The Bertz CT molecular complexity index is 650. The summed E-state index contributed by atoms with van der Waals surface area (Å²) in [5.74, 6) is 0.166. The summed E-state index contributed by atoms with van der Waals surface area (Å²) in [6.45, 7) is 7.28. The Morgan fingerprint density at radius 1 is 1.50 bits per heavy atom. The second-order valence-electron chi connectivity index (χ2n) is 6.60. The van der Waals surface area contributed by atoms with E-state index < -0.39 is 11.6 Å². The first-order chi connectivity index (χ1) is 11.3. The molecule has 7 heteroatoms. The summed E-state index contributed by atoms with van der Waals surface area (Å²) >= 11 is 0. The zero-order chi connectivity index (χ0) is 17.7. The SMILES string of the molecule is CNCCN1Cc2cc(/C=C/C(=O)OC(C)(C)C)cnc2NC1=O. The molecule has 0 unspecified atom stereocenters. The lowest BCUT2D eigenvalue weighted by Gasteiger charge is -2.28. The first-order valence-electron chi connectivity index (χ1n) is 7.89. The fourth-order valence-electron chi connectivity index (χ4n) is 2.24. The summed E-state index contributed by atoms with van der Waals surface area (Å²) in [7, 11) is 1.84. The van der Waals surface area contributed by atoms with Gasteiger partial charge in [-0.2, -0.15) is 0 Å². The van der Waals surface area contributed by atoms with Crippen molar-refractivity contribution in [1.82, 2.24) is 15.2 Å². The van der Waals surface area contributed by atoms with Crippen molar-refractivity contribution in [3.8, 4) is 0 Å². The van der Waals surface area contributed by atoms with Gasteiger partial charge in [0.05, 0.1) is 6.54 Å². The Morgan fingerprint density at radius 3 is 2.92 bits per heavy atom. The maximum absolute atomic E-state index is 12.0. The average Bonchev–Trinajstić information content (AvgIpc) is 2.49. The van der Waals surface area contributed by atoms with Crippen LogP contribution in [0.2, 0.25) is 0 Å². The minimum absolute atomic E-state index is 0.151. The number of anilines is 1. The Kier molecular flexibility index (Phi) is 5.56. The average molecular weight is 332 g/mol. The highest BCUT2D eigenvalue weighted by molar-refractivity contribution is 5.91. The molecule has 0 saturated heterocycles. The third kappa shape index (κ3) is 5.06. The molecular formula is C17H24N4O3. The molecule has 0 saturated carbocycles. The standard InChI is InChI=1S/C17H24N4O3/c1-17(2,3)24-14(22)6-5-12-9-13-11-21(8-7-18-4)16(23)20-15(13)19-10-12/h5-6,9-10,18H,7-8,11H2,1-4H3,(H,19,20,23)/b6-5+. The van der Waals surface area contributed by atoms with Crippen LogP contribution in [0.5, 0.6) is 0 Å². The van der Waals surface area contributed by atoms with Crippen LogP contribution in [0.15, 0.2) is 18.3 Å². The summed E-state index contributed by atoms with van der Waals surface area (Å²) in [6, 6.07) is 1.76. The van der Waals surface area contributed by atoms with Gasteiger partial charge in [-0.3, -0.25) is 5.32 Å². The number of nitrogens with one attached hydrogen (secondary N) is 2. The minimum Gasteiger partial charge on any atom is -0.457 e. The predicted molar refractivity (Wildman–Crippen MR) is 92.5 cm³/mol. The van der Waals surface area contributed by atoms with E-state index in [0.29, 0.717) is 25.5 Å². The second-order valence-corrected chi connectivity index (χ2v) is 6.60. The Hall–Kier alpha value is -2.41. The molecule has 1 aromatic heterocycles. The molecule has 0 aliphatic carbocycles. The van der Waals surface area contributed by atoms with Gasteiger partial charge in [-0.25, -0.2) is 14.6 Å². The lowest BCUT2D eigenvalue weighted by molar-refractivity contribution is -0.148. The van der Waals surface area contributed by atoms with Crippen LogP contribution in [0.4, 0.5) is 10.6 Å². The van der Waals surface area contributed by atoms with E-state index in [1.54, 1.807) is 17.2 Å². The van der Waals surface area contributed by atoms with Crippen molar-refractivity contribution in [3.63, 3.8) is 0 Å². The first kappa shape index (κ1) is 17.9. The Morgan fingerprint density at radius 2 is 2.25 bits per heavy atom. The highest BCUT2D eigenvalue weighted by Crippen LogP contribution is 2.22. The van der Waals surface area contributed by atoms with E-state index in [0.717, 1.165) is 11.1 Å². The number of fused-ring (bicyclic) bond motifs is 1. The largest absolute Gasteiger partial charge is 0.457 e. The number of ether oxygens (including phenoxy) is 1. The van der Waals surface area contributed by atoms with Crippen molar-refractivity contribution in [1.29, 1.82) is 0 Å². The Labute approximate surface area is 142 Å². The molecule has 24 heavy (non-hydrogen) atoms. The molecule has 0 aromatic carbocycles. The minimum atomic E-state index is -0.520. The van der Waals surface area contributed by atoms with Gasteiger partial charge in [0.25, 0.3) is 0 Å². The van der Waals surface area contributed by atoms with Crippen LogP contribution >= 0.6 is 0 Å². The maximum atomic E-state index is 12.0. The zero-order valence-corrected chi connectivity index (χ0v) is 14.5. The van der Waals surface area contributed by atoms with Gasteiger partial charge >= 0.3 is 12.0 Å². The van der Waals surface area contributed by atoms with Crippen LogP contribution in [-0.4, -0.2) is 47.6 Å². The molecule has 0 spiro atoms. The summed E-state index contributed by atoms with van der Waals surface area (Å²) in [6.07, 6.45) is 4.66. The number of carbonyl (C=O) groups excluding carboxylic acids is 2. The van der Waals surface area contributed by atoms with Gasteiger partial charge in [0.15, 0.2) is 0 Å².